The summed E-state index contributed by atoms with van der Waals surface area (Å²) in [5.74, 6) is -3.23. The maximum Gasteiger partial charge on any atom is 0.327 e. The van der Waals surface area contributed by atoms with E-state index < -0.39 is 47.9 Å². The molecule has 2 aromatic carbocycles. The molecule has 0 radical (unpaired) electrons. The third-order valence-electron chi connectivity index (χ3n) is 5.65. The van der Waals surface area contributed by atoms with E-state index in [0.29, 0.717) is 0 Å². The van der Waals surface area contributed by atoms with Crippen molar-refractivity contribution >= 4 is 36.3 Å². The minimum atomic E-state index is -1.24. The molecule has 0 saturated heterocycles. The maximum atomic E-state index is 13.4. The van der Waals surface area contributed by atoms with Gasteiger partial charge in [-0.2, -0.15) is 12.6 Å². The van der Waals surface area contributed by atoms with Gasteiger partial charge < -0.3 is 26.8 Å². The molecule has 194 valence electrons. The van der Waals surface area contributed by atoms with E-state index >= 15 is 0 Å². The Morgan fingerprint density at radius 1 is 0.750 bits per heavy atom. The average Bonchev–Trinajstić information content (AvgIpc) is 2.86. The highest BCUT2D eigenvalue weighted by Crippen LogP contribution is 2.08. The van der Waals surface area contributed by atoms with E-state index in [1.807, 2.05) is 36.4 Å². The second kappa shape index (κ2) is 14.3. The lowest BCUT2D eigenvalue weighted by Crippen LogP contribution is -2.58. The van der Waals surface area contributed by atoms with Crippen molar-refractivity contribution in [1.29, 1.82) is 0 Å². The third kappa shape index (κ3) is 9.01. The summed E-state index contributed by atoms with van der Waals surface area (Å²) in [6.45, 7) is 3.61. The zero-order valence-corrected chi connectivity index (χ0v) is 21.3. The van der Waals surface area contributed by atoms with E-state index in [4.69, 9.17) is 5.73 Å². The highest BCUT2D eigenvalue weighted by atomic mass is 32.1. The summed E-state index contributed by atoms with van der Waals surface area (Å²) < 4.78 is 0. The molecular weight excluding hydrogens is 480 g/mol. The van der Waals surface area contributed by atoms with E-state index in [2.05, 4.69) is 28.6 Å². The smallest absolute Gasteiger partial charge is 0.327 e. The number of thiol groups is 1. The lowest BCUT2D eigenvalue weighted by Gasteiger charge is -2.26. The number of carbonyl (C=O) groups is 4. The number of nitrogens with one attached hydrogen (secondary N) is 3. The summed E-state index contributed by atoms with van der Waals surface area (Å²) >= 11 is 3.99. The van der Waals surface area contributed by atoms with Crippen molar-refractivity contribution in [2.75, 3.05) is 5.75 Å². The van der Waals surface area contributed by atoms with Crippen molar-refractivity contribution < 1.29 is 24.3 Å². The SMILES string of the molecule is CC(C)C(N)C(=O)NC(Cc1ccccc1)C(=O)NC(Cc1ccccc1)C(=O)NC(CS)C(=O)O. The van der Waals surface area contributed by atoms with E-state index in [0.717, 1.165) is 11.1 Å². The van der Waals surface area contributed by atoms with Crippen LogP contribution >= 0.6 is 12.6 Å². The summed E-state index contributed by atoms with van der Waals surface area (Å²) in [6, 6.07) is 14.0. The standard InChI is InChI=1S/C26H34N4O5S/c1-16(2)22(27)25(33)29-20(14-18-11-7-4-8-12-18)23(31)28-19(13-17-9-5-3-6-10-17)24(32)30-21(15-36)26(34)35/h3-12,16,19-22,36H,13-15,27H2,1-2H3,(H,28,31)(H,29,33)(H,30,32)(H,34,35). The number of nitrogens with two attached hydrogens (primary N) is 1. The Kier molecular flexibility index (Phi) is 11.4. The predicted molar refractivity (Wildman–Crippen MR) is 140 cm³/mol. The molecule has 0 fully saturated rings. The van der Waals surface area contributed by atoms with Crippen LogP contribution in [0.25, 0.3) is 0 Å². The van der Waals surface area contributed by atoms with Crippen LogP contribution in [0, 0.1) is 5.92 Å². The van der Waals surface area contributed by atoms with Gasteiger partial charge in [0.1, 0.15) is 18.1 Å². The lowest BCUT2D eigenvalue weighted by atomic mass is 10.0. The first-order chi connectivity index (χ1) is 17.1. The quantitative estimate of drug-likeness (QED) is 0.219. The van der Waals surface area contributed by atoms with Crippen LogP contribution in [0.1, 0.15) is 25.0 Å². The fourth-order valence-corrected chi connectivity index (χ4v) is 3.67. The molecule has 0 spiro atoms. The van der Waals surface area contributed by atoms with Gasteiger partial charge in [0.05, 0.1) is 6.04 Å². The molecule has 36 heavy (non-hydrogen) atoms. The van der Waals surface area contributed by atoms with Gasteiger partial charge in [-0.3, -0.25) is 14.4 Å². The second-order valence-corrected chi connectivity index (χ2v) is 9.22. The number of aliphatic carboxylic acids is 1. The van der Waals surface area contributed by atoms with Gasteiger partial charge >= 0.3 is 5.97 Å². The van der Waals surface area contributed by atoms with Gasteiger partial charge in [-0.15, -0.1) is 0 Å². The third-order valence-corrected chi connectivity index (χ3v) is 6.01. The van der Waals surface area contributed by atoms with Gasteiger partial charge in [-0.05, 0) is 17.0 Å². The molecular formula is C26H34N4O5S. The number of benzene rings is 2. The highest BCUT2D eigenvalue weighted by molar-refractivity contribution is 7.80. The lowest BCUT2D eigenvalue weighted by molar-refractivity contribution is -0.141. The average molecular weight is 515 g/mol. The summed E-state index contributed by atoms with van der Waals surface area (Å²) in [5, 5.41) is 17.1. The van der Waals surface area contributed by atoms with Gasteiger partial charge in [0.25, 0.3) is 0 Å². The van der Waals surface area contributed by atoms with Crippen LogP contribution in [-0.2, 0) is 32.0 Å². The predicted octanol–water partition coefficient (Wildman–Crippen LogP) is 0.924. The molecule has 2 aromatic rings. The molecule has 0 bridgehead atoms. The van der Waals surface area contributed by atoms with Crippen LogP contribution in [0.5, 0.6) is 0 Å². The molecule has 4 unspecified atom stereocenters. The minimum absolute atomic E-state index is 0.118. The number of rotatable bonds is 13. The van der Waals surface area contributed by atoms with Crippen molar-refractivity contribution in [3.8, 4) is 0 Å². The molecule has 0 saturated carbocycles. The van der Waals surface area contributed by atoms with E-state index in [1.165, 1.54) is 0 Å². The number of carbonyl (C=O) groups excluding carboxylic acids is 3. The molecule has 3 amide bonds. The van der Waals surface area contributed by atoms with Gasteiger partial charge in [0.2, 0.25) is 17.7 Å². The first-order valence-corrected chi connectivity index (χ1v) is 12.3. The number of hydrogen-bond acceptors (Lipinski definition) is 6. The molecule has 10 heteroatoms. The largest absolute Gasteiger partial charge is 0.480 e. The van der Waals surface area contributed by atoms with Crippen molar-refractivity contribution in [3.63, 3.8) is 0 Å². The van der Waals surface area contributed by atoms with Crippen molar-refractivity contribution in [1.82, 2.24) is 16.0 Å². The highest BCUT2D eigenvalue weighted by Gasteiger charge is 2.30. The van der Waals surface area contributed by atoms with Crippen molar-refractivity contribution in [2.24, 2.45) is 11.7 Å². The topological polar surface area (TPSA) is 151 Å². The van der Waals surface area contributed by atoms with Crippen molar-refractivity contribution in [3.05, 3.63) is 71.8 Å². The summed E-state index contributed by atoms with van der Waals surface area (Å²) in [5.41, 5.74) is 7.55. The molecule has 2 rings (SSSR count). The van der Waals surface area contributed by atoms with E-state index in [9.17, 15) is 24.3 Å². The van der Waals surface area contributed by atoms with Gasteiger partial charge in [0, 0.05) is 18.6 Å². The zero-order valence-electron chi connectivity index (χ0n) is 20.4. The Bertz CT molecular complexity index is 1020. The Hall–Kier alpha value is -3.37. The van der Waals surface area contributed by atoms with Crippen molar-refractivity contribution in [2.45, 2.75) is 50.9 Å². The summed E-state index contributed by atoms with van der Waals surface area (Å²) in [6.07, 6.45) is 0.298. The molecule has 0 aliphatic rings. The number of carboxylic acid groups (broad SMARTS) is 1. The number of hydrogen-bond donors (Lipinski definition) is 6. The van der Waals surface area contributed by atoms with Crippen LogP contribution in [0.3, 0.4) is 0 Å². The normalized spacial score (nSPS) is 14.2. The fourth-order valence-electron chi connectivity index (χ4n) is 3.42. The Balaban J connectivity index is 2.28. The Morgan fingerprint density at radius 3 is 1.50 bits per heavy atom. The van der Waals surface area contributed by atoms with E-state index in [-0.39, 0.29) is 24.5 Å². The van der Waals surface area contributed by atoms with Crippen LogP contribution in [0.4, 0.5) is 0 Å². The van der Waals surface area contributed by atoms with Crippen LogP contribution in [-0.4, -0.2) is 58.7 Å². The van der Waals surface area contributed by atoms with Crippen LogP contribution in [0.15, 0.2) is 60.7 Å². The maximum absolute atomic E-state index is 13.4. The molecule has 0 aromatic heterocycles. The second-order valence-electron chi connectivity index (χ2n) is 8.85. The number of amides is 3. The monoisotopic (exact) mass is 514 g/mol. The molecule has 6 N–H and O–H groups in total. The van der Waals surface area contributed by atoms with Gasteiger partial charge in [0.15, 0.2) is 0 Å². The summed E-state index contributed by atoms with van der Waals surface area (Å²) in [4.78, 5) is 50.5. The Labute approximate surface area is 216 Å². The number of carboxylic acids is 1. The van der Waals surface area contributed by atoms with Gasteiger partial charge in [-0.1, -0.05) is 74.5 Å². The zero-order chi connectivity index (χ0) is 26.7. The fraction of sp³-hybridized carbons (Fsp3) is 0.385. The summed E-state index contributed by atoms with van der Waals surface area (Å²) in [7, 11) is 0. The van der Waals surface area contributed by atoms with Crippen LogP contribution < -0.4 is 21.7 Å². The first kappa shape index (κ1) is 28.9. The van der Waals surface area contributed by atoms with E-state index in [1.54, 1.807) is 38.1 Å². The molecule has 9 nitrogen and oxygen atoms in total. The van der Waals surface area contributed by atoms with Gasteiger partial charge in [-0.25, -0.2) is 4.79 Å². The molecule has 4 atom stereocenters. The molecule has 0 aliphatic heterocycles. The first-order valence-electron chi connectivity index (χ1n) is 11.7. The van der Waals surface area contributed by atoms with Crippen LogP contribution in [0.2, 0.25) is 0 Å². The molecule has 0 aliphatic carbocycles. The Morgan fingerprint density at radius 2 is 1.14 bits per heavy atom. The molecule has 0 heterocycles. The minimum Gasteiger partial charge on any atom is -0.480 e.